The van der Waals surface area contributed by atoms with Crippen LogP contribution in [0.2, 0.25) is 0 Å². The standard InChI is InChI=1S/C21H22N4O6/c1-13(22)18(27)25(21(29)30-12-15-8-4-3-5-9-15)24-19(28)17(20(24)31-14(2)26)16-10-6-7-11-23-16/h3-11,13,17,20H,12,22H2,1-2H3/t13-,17+,20-/m0/s1. The number of pyridine rings is 1. The third-order valence-electron chi connectivity index (χ3n) is 4.50. The normalized spacial score (nSPS) is 18.5. The van der Waals surface area contributed by atoms with Gasteiger partial charge in [0.05, 0.1) is 11.7 Å². The van der Waals surface area contributed by atoms with E-state index in [4.69, 9.17) is 15.2 Å². The fraction of sp³-hybridized carbons (Fsp3) is 0.286. The van der Waals surface area contributed by atoms with E-state index >= 15 is 0 Å². The minimum atomic E-state index is -1.26. The van der Waals surface area contributed by atoms with Gasteiger partial charge in [-0.2, -0.15) is 5.01 Å². The number of hydrogen-bond donors (Lipinski definition) is 1. The Bertz CT molecular complexity index is 966. The summed E-state index contributed by atoms with van der Waals surface area (Å²) < 4.78 is 10.5. The summed E-state index contributed by atoms with van der Waals surface area (Å²) in [7, 11) is 0. The molecule has 0 bridgehead atoms. The van der Waals surface area contributed by atoms with E-state index in [-0.39, 0.29) is 6.61 Å². The molecule has 0 unspecified atom stereocenters. The maximum atomic E-state index is 13.0. The van der Waals surface area contributed by atoms with E-state index in [1.807, 2.05) is 0 Å². The van der Waals surface area contributed by atoms with Crippen LogP contribution in [0, 0.1) is 0 Å². The van der Waals surface area contributed by atoms with E-state index in [1.165, 1.54) is 13.1 Å². The van der Waals surface area contributed by atoms with Gasteiger partial charge in [0.1, 0.15) is 12.5 Å². The number of esters is 1. The number of hydrogen-bond acceptors (Lipinski definition) is 8. The van der Waals surface area contributed by atoms with E-state index in [9.17, 15) is 19.2 Å². The second-order valence-electron chi connectivity index (χ2n) is 6.89. The average Bonchev–Trinajstić information content (AvgIpc) is 2.76. The fourth-order valence-corrected chi connectivity index (χ4v) is 3.04. The highest BCUT2D eigenvalue weighted by Gasteiger charge is 2.57. The number of benzene rings is 1. The number of carbonyl (C=O) groups excluding carboxylic acids is 4. The van der Waals surface area contributed by atoms with Crippen LogP contribution in [0.5, 0.6) is 0 Å². The maximum Gasteiger partial charge on any atom is 0.436 e. The first-order chi connectivity index (χ1) is 14.8. The zero-order chi connectivity index (χ0) is 22.5. The summed E-state index contributed by atoms with van der Waals surface area (Å²) in [6, 6.07) is 12.6. The molecular formula is C21H22N4O6. The summed E-state index contributed by atoms with van der Waals surface area (Å²) in [4.78, 5) is 54.2. The van der Waals surface area contributed by atoms with Crippen LogP contribution in [0.4, 0.5) is 4.79 Å². The molecular weight excluding hydrogens is 404 g/mol. The van der Waals surface area contributed by atoms with E-state index in [0.29, 0.717) is 16.3 Å². The van der Waals surface area contributed by atoms with Crippen molar-refractivity contribution in [1.82, 2.24) is 15.0 Å². The highest BCUT2D eigenvalue weighted by molar-refractivity contribution is 6.00. The van der Waals surface area contributed by atoms with Gasteiger partial charge in [-0.05, 0) is 24.6 Å². The van der Waals surface area contributed by atoms with Gasteiger partial charge in [0.2, 0.25) is 6.23 Å². The van der Waals surface area contributed by atoms with Crippen LogP contribution in [-0.2, 0) is 30.5 Å². The third kappa shape index (κ3) is 4.69. The molecule has 2 heterocycles. The van der Waals surface area contributed by atoms with Crippen molar-refractivity contribution in [3.8, 4) is 0 Å². The lowest BCUT2D eigenvalue weighted by Gasteiger charge is -2.48. The molecule has 1 aliphatic heterocycles. The maximum absolute atomic E-state index is 13.0. The van der Waals surface area contributed by atoms with Crippen LogP contribution in [0.25, 0.3) is 0 Å². The summed E-state index contributed by atoms with van der Waals surface area (Å²) in [6.07, 6.45) is -0.891. The van der Waals surface area contributed by atoms with E-state index < -0.39 is 42.1 Å². The highest BCUT2D eigenvalue weighted by Crippen LogP contribution is 2.37. The summed E-state index contributed by atoms with van der Waals surface area (Å²) in [5.74, 6) is -3.22. The largest absolute Gasteiger partial charge is 0.443 e. The van der Waals surface area contributed by atoms with Crippen LogP contribution in [0.15, 0.2) is 54.7 Å². The SMILES string of the molecule is CC(=O)O[C@H]1[C@H](c2ccccn2)C(=O)N1N(C(=O)OCc1ccccc1)C(=O)[C@H](C)N. The molecule has 10 nitrogen and oxygen atoms in total. The van der Waals surface area contributed by atoms with E-state index in [2.05, 4.69) is 4.98 Å². The van der Waals surface area contributed by atoms with E-state index in [0.717, 1.165) is 11.9 Å². The number of rotatable bonds is 6. The van der Waals surface area contributed by atoms with Crippen LogP contribution < -0.4 is 5.73 Å². The van der Waals surface area contributed by atoms with Crippen molar-refractivity contribution in [2.45, 2.75) is 38.6 Å². The monoisotopic (exact) mass is 426 g/mol. The summed E-state index contributed by atoms with van der Waals surface area (Å²) >= 11 is 0. The Hall–Kier alpha value is -3.79. The van der Waals surface area contributed by atoms with Crippen LogP contribution in [-0.4, -0.2) is 51.1 Å². The van der Waals surface area contributed by atoms with Crippen molar-refractivity contribution < 1.29 is 28.7 Å². The second kappa shape index (κ2) is 9.35. The quantitative estimate of drug-likeness (QED) is 0.540. The molecule has 3 amide bonds. The van der Waals surface area contributed by atoms with Crippen molar-refractivity contribution in [3.05, 3.63) is 66.0 Å². The molecule has 1 saturated heterocycles. The smallest absolute Gasteiger partial charge is 0.436 e. The number of amides is 3. The number of β-lactam (4-membered cyclic amide) rings is 1. The minimum Gasteiger partial charge on any atom is -0.443 e. The molecule has 10 heteroatoms. The van der Waals surface area contributed by atoms with Gasteiger partial charge < -0.3 is 15.2 Å². The Morgan fingerprint density at radius 3 is 2.42 bits per heavy atom. The summed E-state index contributed by atoms with van der Waals surface area (Å²) in [6.45, 7) is 2.38. The van der Waals surface area contributed by atoms with Crippen molar-refractivity contribution in [2.75, 3.05) is 0 Å². The second-order valence-corrected chi connectivity index (χ2v) is 6.89. The van der Waals surface area contributed by atoms with Gasteiger partial charge in [-0.15, -0.1) is 5.01 Å². The van der Waals surface area contributed by atoms with Gasteiger partial charge in [0.25, 0.3) is 11.8 Å². The predicted molar refractivity (Wildman–Crippen MR) is 107 cm³/mol. The van der Waals surface area contributed by atoms with Crippen LogP contribution in [0.1, 0.15) is 31.0 Å². The summed E-state index contributed by atoms with van der Waals surface area (Å²) in [5, 5.41) is 1.24. The first-order valence-electron chi connectivity index (χ1n) is 9.52. The Morgan fingerprint density at radius 2 is 1.84 bits per heavy atom. The third-order valence-corrected chi connectivity index (χ3v) is 4.50. The van der Waals surface area contributed by atoms with Gasteiger partial charge in [-0.25, -0.2) is 4.79 Å². The molecule has 0 saturated carbocycles. The predicted octanol–water partition coefficient (Wildman–Crippen LogP) is 1.32. The number of imide groups is 1. The molecule has 31 heavy (non-hydrogen) atoms. The number of carbonyl (C=O) groups is 4. The lowest BCUT2D eigenvalue weighted by molar-refractivity contribution is -0.223. The van der Waals surface area contributed by atoms with Crippen molar-refractivity contribution >= 4 is 23.9 Å². The number of ether oxygens (including phenoxy) is 2. The number of hydrazine groups is 1. The average molecular weight is 426 g/mol. The molecule has 0 aliphatic carbocycles. The fourth-order valence-electron chi connectivity index (χ4n) is 3.04. The summed E-state index contributed by atoms with van der Waals surface area (Å²) in [5.41, 5.74) is 6.70. The first kappa shape index (κ1) is 21.9. The molecule has 3 rings (SSSR count). The van der Waals surface area contributed by atoms with Gasteiger partial charge in [-0.3, -0.25) is 19.4 Å². The minimum absolute atomic E-state index is 0.133. The highest BCUT2D eigenvalue weighted by atomic mass is 16.6. The number of nitrogens with two attached hydrogens (primary N) is 1. The number of nitrogens with zero attached hydrogens (tertiary/aromatic N) is 3. The van der Waals surface area contributed by atoms with Gasteiger partial charge in [0, 0.05) is 13.1 Å². The number of aromatic nitrogens is 1. The Labute approximate surface area is 178 Å². The molecule has 1 aromatic heterocycles. The van der Waals surface area contributed by atoms with Gasteiger partial charge >= 0.3 is 12.1 Å². The lowest BCUT2D eigenvalue weighted by Crippen LogP contribution is -2.70. The first-order valence-corrected chi connectivity index (χ1v) is 9.52. The molecule has 1 fully saturated rings. The van der Waals surface area contributed by atoms with E-state index in [1.54, 1.807) is 48.5 Å². The molecule has 1 aromatic carbocycles. The van der Waals surface area contributed by atoms with Crippen molar-refractivity contribution in [1.29, 1.82) is 0 Å². The van der Waals surface area contributed by atoms with Crippen LogP contribution in [0.3, 0.4) is 0 Å². The molecule has 3 atom stereocenters. The molecule has 2 aromatic rings. The molecule has 0 spiro atoms. The Balaban J connectivity index is 1.88. The van der Waals surface area contributed by atoms with Gasteiger partial charge in [-0.1, -0.05) is 36.4 Å². The topological polar surface area (TPSA) is 132 Å². The Kier molecular flexibility index (Phi) is 6.61. The van der Waals surface area contributed by atoms with Crippen molar-refractivity contribution in [2.24, 2.45) is 5.73 Å². The molecule has 0 radical (unpaired) electrons. The Morgan fingerprint density at radius 1 is 1.16 bits per heavy atom. The van der Waals surface area contributed by atoms with Crippen LogP contribution >= 0.6 is 0 Å². The lowest BCUT2D eigenvalue weighted by atomic mass is 9.93. The zero-order valence-electron chi connectivity index (χ0n) is 17.0. The molecule has 162 valence electrons. The molecule has 2 N–H and O–H groups in total. The molecule has 1 aliphatic rings. The van der Waals surface area contributed by atoms with Crippen molar-refractivity contribution in [3.63, 3.8) is 0 Å². The van der Waals surface area contributed by atoms with Gasteiger partial charge in [0.15, 0.2) is 0 Å². The zero-order valence-corrected chi connectivity index (χ0v) is 17.0.